The van der Waals surface area contributed by atoms with E-state index in [9.17, 15) is 27.6 Å². The number of rotatable bonds is 7. The second-order valence-electron chi connectivity index (χ2n) is 12.8. The van der Waals surface area contributed by atoms with Crippen LogP contribution < -0.4 is 20.1 Å². The molecule has 1 aromatic carbocycles. The van der Waals surface area contributed by atoms with Crippen molar-refractivity contribution in [3.63, 3.8) is 0 Å². The van der Waals surface area contributed by atoms with Gasteiger partial charge in [0.05, 0.1) is 0 Å². The maximum atomic E-state index is 13.7. The van der Waals surface area contributed by atoms with Crippen molar-refractivity contribution in [1.29, 1.82) is 0 Å². The molecular weight excluding hydrogens is 586 g/mol. The van der Waals surface area contributed by atoms with Crippen molar-refractivity contribution in [2.45, 2.75) is 102 Å². The molecule has 2 aliphatic heterocycles. The summed E-state index contributed by atoms with van der Waals surface area (Å²) in [6.45, 7) is 5.63. The van der Waals surface area contributed by atoms with Gasteiger partial charge in [-0.25, -0.2) is 9.52 Å². The van der Waals surface area contributed by atoms with E-state index in [1.165, 1.54) is 4.90 Å². The Hall–Kier alpha value is -3.45. The lowest BCUT2D eigenvalue weighted by Gasteiger charge is -2.30. The molecule has 0 bridgehead atoms. The summed E-state index contributed by atoms with van der Waals surface area (Å²) in [6.07, 6.45) is 8.19. The first-order valence-electron chi connectivity index (χ1n) is 15.4. The fourth-order valence-electron chi connectivity index (χ4n) is 5.77. The van der Waals surface area contributed by atoms with Gasteiger partial charge in [-0.15, -0.1) is 0 Å². The van der Waals surface area contributed by atoms with Crippen LogP contribution in [0.15, 0.2) is 42.5 Å². The van der Waals surface area contributed by atoms with Crippen LogP contribution in [0.5, 0.6) is 0 Å². The van der Waals surface area contributed by atoms with Crippen LogP contribution in [0.3, 0.4) is 0 Å². The minimum absolute atomic E-state index is 0.0902. The Labute approximate surface area is 259 Å². The zero-order valence-electron chi connectivity index (χ0n) is 25.8. The summed E-state index contributed by atoms with van der Waals surface area (Å²) < 4.78 is 35.5. The van der Waals surface area contributed by atoms with Crippen molar-refractivity contribution < 1.29 is 32.3 Å². The van der Waals surface area contributed by atoms with E-state index in [-0.39, 0.29) is 24.8 Å². The molecule has 4 rings (SSSR count). The van der Waals surface area contributed by atoms with Crippen molar-refractivity contribution >= 4 is 34.0 Å². The molecule has 0 radical (unpaired) electrons. The molecule has 13 heteroatoms. The van der Waals surface area contributed by atoms with Gasteiger partial charge in [0, 0.05) is 19.0 Å². The fraction of sp³-hybridized carbons (Fsp3) is 0.613. The van der Waals surface area contributed by atoms with Gasteiger partial charge in [0.1, 0.15) is 23.2 Å². The Kier molecular flexibility index (Phi) is 10.7. The summed E-state index contributed by atoms with van der Waals surface area (Å²) in [7, 11) is -4.19. The van der Waals surface area contributed by atoms with Gasteiger partial charge in [-0.2, -0.15) is 13.1 Å². The highest BCUT2D eigenvalue weighted by Gasteiger charge is 2.61. The van der Waals surface area contributed by atoms with E-state index >= 15 is 0 Å². The quantitative estimate of drug-likeness (QED) is 0.336. The van der Waals surface area contributed by atoms with Gasteiger partial charge >= 0.3 is 16.3 Å². The number of carbonyl (C=O) groups excluding carboxylic acids is 4. The maximum Gasteiger partial charge on any atom is 0.408 e. The number of benzene rings is 1. The van der Waals surface area contributed by atoms with Crippen molar-refractivity contribution in [3.8, 4) is 0 Å². The molecule has 1 aliphatic carbocycles. The first kappa shape index (κ1) is 33.4. The average molecular weight is 632 g/mol. The van der Waals surface area contributed by atoms with E-state index in [0.717, 1.165) is 18.4 Å². The second kappa shape index (κ2) is 14.1. The lowest BCUT2D eigenvalue weighted by molar-refractivity contribution is -0.141. The van der Waals surface area contributed by atoms with E-state index in [1.54, 1.807) is 20.8 Å². The van der Waals surface area contributed by atoms with Crippen LogP contribution in [0.4, 0.5) is 4.79 Å². The smallest absolute Gasteiger partial charge is 0.408 e. The normalized spacial score (nSPS) is 26.3. The third kappa shape index (κ3) is 9.04. The van der Waals surface area contributed by atoms with E-state index in [0.29, 0.717) is 45.1 Å². The highest BCUT2D eigenvalue weighted by atomic mass is 32.2. The Morgan fingerprint density at radius 1 is 1.07 bits per heavy atom. The highest BCUT2D eigenvalue weighted by molar-refractivity contribution is 7.88. The molecular formula is C31H45N5O7S. The number of ether oxygens (including phenoxy) is 1. The maximum absolute atomic E-state index is 13.7. The van der Waals surface area contributed by atoms with E-state index in [1.807, 2.05) is 42.5 Å². The average Bonchev–Trinajstić information content (AvgIpc) is 3.40. The summed E-state index contributed by atoms with van der Waals surface area (Å²) in [4.78, 5) is 54.9. The summed E-state index contributed by atoms with van der Waals surface area (Å²) in [5.74, 6) is -2.11. The Morgan fingerprint density at radius 3 is 2.55 bits per heavy atom. The monoisotopic (exact) mass is 631 g/mol. The third-order valence-electron chi connectivity index (χ3n) is 8.10. The number of fused-ring (bicyclic) bond motifs is 2. The summed E-state index contributed by atoms with van der Waals surface area (Å²) in [5.41, 5.74) is -1.25. The highest BCUT2D eigenvalue weighted by Crippen LogP contribution is 2.45. The number of alkyl carbamates (subject to hydrolysis) is 1. The number of amides is 4. The molecule has 242 valence electrons. The molecule has 4 N–H and O–H groups in total. The molecule has 12 nitrogen and oxygen atoms in total. The summed E-state index contributed by atoms with van der Waals surface area (Å²) in [5, 5.41) is 5.52. The van der Waals surface area contributed by atoms with Crippen LogP contribution in [0, 0.1) is 5.92 Å². The van der Waals surface area contributed by atoms with Crippen LogP contribution in [0.1, 0.15) is 77.7 Å². The van der Waals surface area contributed by atoms with Gasteiger partial charge in [0.2, 0.25) is 11.8 Å². The molecule has 3 aliphatic rings. The zero-order chi connectivity index (χ0) is 32.0. The Bertz CT molecular complexity index is 1340. The van der Waals surface area contributed by atoms with E-state index in [4.69, 9.17) is 4.74 Å². The lowest BCUT2D eigenvalue weighted by atomic mass is 10.0. The largest absolute Gasteiger partial charge is 0.444 e. The molecule has 0 spiro atoms. The van der Waals surface area contributed by atoms with Gasteiger partial charge in [-0.05, 0) is 71.3 Å². The minimum atomic E-state index is -4.19. The predicted octanol–water partition coefficient (Wildman–Crippen LogP) is 2.46. The van der Waals surface area contributed by atoms with Crippen molar-refractivity contribution in [2.75, 3.05) is 13.1 Å². The number of hydrogen-bond acceptors (Lipinski definition) is 7. The number of allylic oxidation sites excluding steroid dienone is 1. The number of hydrogen-bond donors (Lipinski definition) is 4. The number of nitrogens with zero attached hydrogens (tertiary/aromatic N) is 1. The molecule has 0 aromatic heterocycles. The molecule has 4 atom stereocenters. The van der Waals surface area contributed by atoms with Crippen LogP contribution in [-0.2, 0) is 35.8 Å². The van der Waals surface area contributed by atoms with E-state index < -0.39 is 51.3 Å². The van der Waals surface area contributed by atoms with Crippen molar-refractivity contribution in [1.82, 2.24) is 25.0 Å². The molecule has 1 saturated carbocycles. The second-order valence-corrected chi connectivity index (χ2v) is 14.3. The topological polar surface area (TPSA) is 163 Å². The third-order valence-corrected chi connectivity index (χ3v) is 9.14. The molecule has 44 heavy (non-hydrogen) atoms. The summed E-state index contributed by atoms with van der Waals surface area (Å²) >= 11 is 0. The molecule has 4 amide bonds. The SMILES string of the molecule is CC(C)(C)OC(=O)N[C@H]1CCCCCC=C[C@@H]2C[C@@]2(C(=O)NS(=O)(=O)NCCc2ccccc2)NC(=O)[C@@H]2CCCN2C1=O. The number of nitrogens with one attached hydrogen (secondary N) is 4. The Morgan fingerprint density at radius 2 is 1.82 bits per heavy atom. The molecule has 0 unspecified atom stereocenters. The fourth-order valence-corrected chi connectivity index (χ4v) is 6.64. The molecule has 2 fully saturated rings. The minimum Gasteiger partial charge on any atom is -0.444 e. The molecule has 1 saturated heterocycles. The number of carbonyl (C=O) groups is 4. The van der Waals surface area contributed by atoms with Gasteiger partial charge in [0.25, 0.3) is 5.91 Å². The Balaban J connectivity index is 1.47. The molecule has 2 heterocycles. The van der Waals surface area contributed by atoms with Crippen LogP contribution in [0.25, 0.3) is 0 Å². The van der Waals surface area contributed by atoms with Crippen molar-refractivity contribution in [3.05, 3.63) is 48.0 Å². The lowest BCUT2D eigenvalue weighted by Crippen LogP contribution is -2.59. The van der Waals surface area contributed by atoms with Crippen molar-refractivity contribution in [2.24, 2.45) is 5.92 Å². The molecule has 1 aromatic rings. The first-order valence-corrected chi connectivity index (χ1v) is 16.9. The summed E-state index contributed by atoms with van der Waals surface area (Å²) in [6, 6.07) is 7.64. The van der Waals surface area contributed by atoms with Gasteiger partial charge in [-0.1, -0.05) is 55.3 Å². The van der Waals surface area contributed by atoms with Gasteiger partial charge in [-0.3, -0.25) is 14.4 Å². The van der Waals surface area contributed by atoms with Gasteiger partial charge in [0.15, 0.2) is 0 Å². The van der Waals surface area contributed by atoms with E-state index in [2.05, 4.69) is 20.1 Å². The van der Waals surface area contributed by atoms with Crippen LogP contribution in [-0.4, -0.2) is 73.4 Å². The van der Waals surface area contributed by atoms with Crippen LogP contribution in [0.2, 0.25) is 0 Å². The predicted molar refractivity (Wildman–Crippen MR) is 164 cm³/mol. The first-order chi connectivity index (χ1) is 20.8. The standard InChI is InChI=1S/C31H45N5O7S/c1-30(2,3)43-29(40)33-24-16-11-6-4-5-10-15-23-21-31(23,34-26(37)25-17-12-20-36(25)27(24)38)28(39)35-44(41,42)32-19-18-22-13-8-7-9-14-22/h7-10,13-15,23-25,32H,4-6,11-12,16-21H2,1-3H3,(H,33,40)(H,34,37)(H,35,39)/t23-,24+,25+,31-/m1/s1. The zero-order valence-corrected chi connectivity index (χ0v) is 26.6. The van der Waals surface area contributed by atoms with Gasteiger partial charge < -0.3 is 20.3 Å². The van der Waals surface area contributed by atoms with Crippen LogP contribution >= 0.6 is 0 Å².